The van der Waals surface area contributed by atoms with Gasteiger partial charge in [-0.25, -0.2) is 18.3 Å². The number of rotatable bonds is 14. The van der Waals surface area contributed by atoms with E-state index in [2.05, 4.69) is 14.5 Å². The average Bonchev–Trinajstić information content (AvgIpc) is 3.08. The molecule has 2 atom stereocenters. The lowest BCUT2D eigenvalue weighted by molar-refractivity contribution is -0.174. The van der Waals surface area contributed by atoms with Crippen LogP contribution in [0.1, 0.15) is 38.8 Å². The predicted octanol–water partition coefficient (Wildman–Crippen LogP) is 5.57. The Bertz CT molecular complexity index is 1610. The van der Waals surface area contributed by atoms with Gasteiger partial charge in [0.1, 0.15) is 24.2 Å². The van der Waals surface area contributed by atoms with Crippen LogP contribution in [-0.2, 0) is 40.6 Å². The number of halogens is 1. The highest BCUT2D eigenvalue weighted by atomic mass is 32.2. The van der Waals surface area contributed by atoms with Gasteiger partial charge in [0, 0.05) is 37.9 Å². The average molecular weight is 724 g/mol. The van der Waals surface area contributed by atoms with Crippen molar-refractivity contribution >= 4 is 30.0 Å². The molecule has 0 aliphatic carbocycles. The van der Waals surface area contributed by atoms with E-state index in [9.17, 15) is 18.8 Å². The van der Waals surface area contributed by atoms with Gasteiger partial charge >= 0.3 is 18.0 Å². The maximum Gasteiger partial charge on any atom is 0.410 e. The molecule has 3 aromatic rings. The third kappa shape index (κ3) is 11.2. The summed E-state index contributed by atoms with van der Waals surface area (Å²) in [6.07, 6.45) is -1.94. The number of amides is 1. The number of benzene rings is 3. The van der Waals surface area contributed by atoms with Gasteiger partial charge in [-0.1, -0.05) is 42.5 Å². The second-order valence-electron chi connectivity index (χ2n) is 13.6. The molecule has 2 fully saturated rings. The van der Waals surface area contributed by atoms with E-state index in [-0.39, 0.29) is 18.8 Å². The molecule has 0 radical (unpaired) electrons. The lowest BCUT2D eigenvalue weighted by Crippen LogP contribution is -2.59. The fraction of sp³-hybridized carbons (Fsp3) is 0.447. The molecule has 3 aromatic carbocycles. The molecule has 1 N–H and O–H groups in total. The molecule has 5 rings (SSSR count). The Kier molecular flexibility index (Phi) is 13.0. The topological polar surface area (TPSA) is 116 Å². The van der Waals surface area contributed by atoms with E-state index in [1.807, 2.05) is 54.6 Å². The first-order chi connectivity index (χ1) is 24.4. The minimum Gasteiger partial charge on any atom is -0.480 e. The molecule has 11 nitrogen and oxygen atoms in total. The summed E-state index contributed by atoms with van der Waals surface area (Å²) >= 11 is 1.55. The molecule has 0 aromatic heterocycles. The lowest BCUT2D eigenvalue weighted by Gasteiger charge is -2.49. The van der Waals surface area contributed by atoms with Crippen LogP contribution in [0.3, 0.4) is 0 Å². The standard InChI is InChI=1S/C38H46FN3O8S/c1-27(48-35(44)37(2,3)4)49-36(45)40-33(34(43)47-22-19-41-17-20-46-21-18-41)24-28-9-8-12-32(23-28)51-42-25-38(26-42,29-10-6-5-7-11-29)50-31-15-13-30(39)14-16-31/h5-16,23,27,33H,17-22,24-26H2,1-4H3,(H,40,45). The van der Waals surface area contributed by atoms with E-state index < -0.39 is 41.4 Å². The minimum absolute atomic E-state index is 0.137. The molecule has 2 heterocycles. The summed E-state index contributed by atoms with van der Waals surface area (Å²) in [5, 5.41) is 2.62. The molecule has 2 aliphatic heterocycles. The van der Waals surface area contributed by atoms with Crippen molar-refractivity contribution in [3.05, 3.63) is 95.8 Å². The lowest BCUT2D eigenvalue weighted by atomic mass is 9.87. The highest BCUT2D eigenvalue weighted by Crippen LogP contribution is 2.42. The summed E-state index contributed by atoms with van der Waals surface area (Å²) in [6, 6.07) is 22.6. The second-order valence-corrected chi connectivity index (χ2v) is 14.8. The zero-order valence-electron chi connectivity index (χ0n) is 29.5. The first-order valence-electron chi connectivity index (χ1n) is 17.1. The zero-order chi connectivity index (χ0) is 36.4. The molecule has 2 unspecified atom stereocenters. The van der Waals surface area contributed by atoms with Gasteiger partial charge in [-0.15, -0.1) is 0 Å². The van der Waals surface area contributed by atoms with Gasteiger partial charge in [-0.3, -0.25) is 9.69 Å². The Morgan fingerprint density at radius 3 is 2.35 bits per heavy atom. The van der Waals surface area contributed by atoms with Crippen molar-refractivity contribution in [2.24, 2.45) is 5.41 Å². The van der Waals surface area contributed by atoms with E-state index in [1.54, 1.807) is 44.9 Å². The molecule has 274 valence electrons. The van der Waals surface area contributed by atoms with Crippen molar-refractivity contribution in [2.45, 2.75) is 56.9 Å². The first-order valence-corrected chi connectivity index (χ1v) is 17.8. The quantitative estimate of drug-likeness (QED) is 0.128. The molecule has 0 bridgehead atoms. The molecule has 2 saturated heterocycles. The largest absolute Gasteiger partial charge is 0.480 e. The molecule has 51 heavy (non-hydrogen) atoms. The maximum absolute atomic E-state index is 13.6. The smallest absolute Gasteiger partial charge is 0.410 e. The van der Waals surface area contributed by atoms with Gasteiger partial charge in [-0.05, 0) is 80.2 Å². The summed E-state index contributed by atoms with van der Waals surface area (Å²) in [6.45, 7) is 11.1. The maximum atomic E-state index is 13.6. The molecule has 13 heteroatoms. The highest BCUT2D eigenvalue weighted by molar-refractivity contribution is 7.97. The number of alkyl carbamates (subject to hydrolysis) is 1. The predicted molar refractivity (Wildman–Crippen MR) is 189 cm³/mol. The van der Waals surface area contributed by atoms with Gasteiger partial charge < -0.3 is 29.0 Å². The number of hydrogen-bond acceptors (Lipinski definition) is 11. The van der Waals surface area contributed by atoms with Crippen LogP contribution in [0.4, 0.5) is 9.18 Å². The Balaban J connectivity index is 1.23. The van der Waals surface area contributed by atoms with Crippen molar-refractivity contribution < 1.29 is 42.5 Å². The number of carbonyl (C=O) groups excluding carboxylic acids is 3. The fourth-order valence-corrected chi connectivity index (χ4v) is 6.74. The van der Waals surface area contributed by atoms with Crippen LogP contribution in [-0.4, -0.2) is 92.1 Å². The van der Waals surface area contributed by atoms with Crippen LogP contribution in [0, 0.1) is 11.2 Å². The third-order valence-corrected chi connectivity index (χ3v) is 9.33. The summed E-state index contributed by atoms with van der Waals surface area (Å²) in [4.78, 5) is 41.6. The summed E-state index contributed by atoms with van der Waals surface area (Å²) in [7, 11) is 0. The number of morpholine rings is 1. The number of nitrogens with zero attached hydrogens (tertiary/aromatic N) is 2. The summed E-state index contributed by atoms with van der Waals surface area (Å²) < 4.78 is 43.7. The first kappa shape index (κ1) is 38.1. The number of ether oxygens (including phenoxy) is 5. The summed E-state index contributed by atoms with van der Waals surface area (Å²) in [5.41, 5.74) is 0.427. The van der Waals surface area contributed by atoms with Crippen LogP contribution < -0.4 is 10.1 Å². The minimum atomic E-state index is -1.17. The van der Waals surface area contributed by atoms with E-state index in [0.717, 1.165) is 29.1 Å². The fourth-order valence-electron chi connectivity index (χ4n) is 5.55. The highest BCUT2D eigenvalue weighted by Gasteiger charge is 2.47. The summed E-state index contributed by atoms with van der Waals surface area (Å²) in [5.74, 6) is -0.872. The monoisotopic (exact) mass is 723 g/mol. The molecular formula is C38H46FN3O8S. The zero-order valence-corrected chi connectivity index (χ0v) is 30.3. The van der Waals surface area contributed by atoms with Crippen LogP contribution in [0.5, 0.6) is 5.75 Å². The van der Waals surface area contributed by atoms with Gasteiger partial charge in [0.05, 0.1) is 31.7 Å². The molecule has 0 spiro atoms. The number of nitrogens with one attached hydrogen (secondary N) is 1. The van der Waals surface area contributed by atoms with Crippen molar-refractivity contribution in [1.82, 2.24) is 14.5 Å². The van der Waals surface area contributed by atoms with Gasteiger partial charge in [0.15, 0.2) is 5.60 Å². The van der Waals surface area contributed by atoms with Crippen molar-refractivity contribution in [2.75, 3.05) is 52.5 Å². The normalized spacial score (nSPS) is 17.4. The SMILES string of the molecule is CC(OC(=O)NC(Cc1cccc(SN2CC(Oc3ccc(F)cc3)(c3ccccc3)C2)c1)C(=O)OCCN1CCOCC1)OC(=O)C(C)(C)C. The third-order valence-electron chi connectivity index (χ3n) is 8.35. The van der Waals surface area contributed by atoms with Gasteiger partial charge in [0.2, 0.25) is 6.29 Å². The Morgan fingerprint density at radius 1 is 0.961 bits per heavy atom. The van der Waals surface area contributed by atoms with Crippen LogP contribution in [0.25, 0.3) is 0 Å². The number of carbonyl (C=O) groups is 3. The Hall–Kier alpha value is -4.17. The molecule has 1 amide bonds. The van der Waals surface area contributed by atoms with E-state index >= 15 is 0 Å². The van der Waals surface area contributed by atoms with Crippen molar-refractivity contribution in [3.63, 3.8) is 0 Å². The number of esters is 2. The van der Waals surface area contributed by atoms with Crippen LogP contribution in [0.15, 0.2) is 83.8 Å². The van der Waals surface area contributed by atoms with E-state index in [1.165, 1.54) is 19.1 Å². The van der Waals surface area contributed by atoms with Gasteiger partial charge in [-0.2, -0.15) is 0 Å². The van der Waals surface area contributed by atoms with Crippen molar-refractivity contribution in [3.8, 4) is 5.75 Å². The molecule has 2 aliphatic rings. The molecule has 0 saturated carbocycles. The van der Waals surface area contributed by atoms with Gasteiger partial charge in [0.25, 0.3) is 0 Å². The van der Waals surface area contributed by atoms with E-state index in [4.69, 9.17) is 23.7 Å². The van der Waals surface area contributed by atoms with Crippen LogP contribution >= 0.6 is 11.9 Å². The molecular weight excluding hydrogens is 677 g/mol. The van der Waals surface area contributed by atoms with Crippen molar-refractivity contribution in [1.29, 1.82) is 0 Å². The Morgan fingerprint density at radius 2 is 1.67 bits per heavy atom. The van der Waals surface area contributed by atoms with Crippen LogP contribution in [0.2, 0.25) is 0 Å². The number of hydrogen-bond donors (Lipinski definition) is 1. The van der Waals surface area contributed by atoms with E-state index in [0.29, 0.717) is 38.6 Å². The second kappa shape index (κ2) is 17.4. The Labute approximate surface area is 302 Å².